The Bertz CT molecular complexity index is 144. The van der Waals surface area contributed by atoms with Gasteiger partial charge in [-0.2, -0.15) is 0 Å². The third-order valence-corrected chi connectivity index (χ3v) is 2.03. The highest BCUT2D eigenvalue weighted by Crippen LogP contribution is 2.09. The van der Waals surface area contributed by atoms with E-state index >= 15 is 0 Å². The standard InChI is InChI=1S/C10H19NO2/c1-3-5-11-7-9(2)13-10-4-6-12-8-10/h3,9-11H,1,4-8H2,2H3. The van der Waals surface area contributed by atoms with Crippen LogP contribution in [-0.4, -0.2) is 38.5 Å². The number of hydrogen-bond acceptors (Lipinski definition) is 3. The van der Waals surface area contributed by atoms with Crippen LogP contribution in [0, 0.1) is 0 Å². The van der Waals surface area contributed by atoms with Crippen molar-refractivity contribution in [2.24, 2.45) is 0 Å². The molecule has 1 saturated heterocycles. The molecule has 3 heteroatoms. The van der Waals surface area contributed by atoms with Crippen molar-refractivity contribution in [2.45, 2.75) is 25.6 Å². The van der Waals surface area contributed by atoms with Crippen molar-refractivity contribution in [2.75, 3.05) is 26.3 Å². The summed E-state index contributed by atoms with van der Waals surface area (Å²) in [7, 11) is 0. The van der Waals surface area contributed by atoms with Crippen LogP contribution in [0.1, 0.15) is 13.3 Å². The molecule has 0 aromatic heterocycles. The smallest absolute Gasteiger partial charge is 0.0834 e. The number of ether oxygens (including phenoxy) is 2. The topological polar surface area (TPSA) is 30.5 Å². The maximum absolute atomic E-state index is 5.74. The lowest BCUT2D eigenvalue weighted by Crippen LogP contribution is -2.30. The van der Waals surface area contributed by atoms with Crippen molar-refractivity contribution >= 4 is 0 Å². The Hall–Kier alpha value is -0.380. The van der Waals surface area contributed by atoms with Crippen LogP contribution in [0.3, 0.4) is 0 Å². The molecule has 0 radical (unpaired) electrons. The largest absolute Gasteiger partial charge is 0.379 e. The fourth-order valence-corrected chi connectivity index (χ4v) is 1.39. The Morgan fingerprint density at radius 2 is 2.62 bits per heavy atom. The van der Waals surface area contributed by atoms with Crippen LogP contribution in [-0.2, 0) is 9.47 Å². The van der Waals surface area contributed by atoms with E-state index < -0.39 is 0 Å². The molecule has 0 spiro atoms. The molecule has 1 aliphatic rings. The molecule has 1 rings (SSSR count). The average Bonchev–Trinajstić information content (AvgIpc) is 2.57. The Labute approximate surface area is 80.1 Å². The Balaban J connectivity index is 2.02. The lowest BCUT2D eigenvalue weighted by atomic mass is 10.3. The van der Waals surface area contributed by atoms with Gasteiger partial charge in [0.2, 0.25) is 0 Å². The van der Waals surface area contributed by atoms with Gasteiger partial charge in [-0.15, -0.1) is 6.58 Å². The van der Waals surface area contributed by atoms with Crippen LogP contribution in [0.15, 0.2) is 12.7 Å². The van der Waals surface area contributed by atoms with Crippen molar-refractivity contribution in [3.05, 3.63) is 12.7 Å². The van der Waals surface area contributed by atoms with Crippen LogP contribution < -0.4 is 5.32 Å². The van der Waals surface area contributed by atoms with Gasteiger partial charge in [0, 0.05) is 19.7 Å². The average molecular weight is 185 g/mol. The summed E-state index contributed by atoms with van der Waals surface area (Å²) in [5, 5.41) is 3.22. The lowest BCUT2D eigenvalue weighted by Gasteiger charge is -2.17. The Kier molecular flexibility index (Phi) is 5.05. The predicted molar refractivity (Wildman–Crippen MR) is 52.8 cm³/mol. The van der Waals surface area contributed by atoms with Crippen molar-refractivity contribution < 1.29 is 9.47 Å². The third kappa shape index (κ3) is 4.41. The summed E-state index contributed by atoms with van der Waals surface area (Å²) in [5.74, 6) is 0. The molecule has 1 aliphatic heterocycles. The van der Waals surface area contributed by atoms with Crippen LogP contribution in [0.4, 0.5) is 0 Å². The molecule has 76 valence electrons. The van der Waals surface area contributed by atoms with Crippen LogP contribution in [0.25, 0.3) is 0 Å². The van der Waals surface area contributed by atoms with Crippen molar-refractivity contribution in [3.8, 4) is 0 Å². The van der Waals surface area contributed by atoms with Gasteiger partial charge in [0.15, 0.2) is 0 Å². The fourth-order valence-electron chi connectivity index (χ4n) is 1.39. The van der Waals surface area contributed by atoms with Crippen molar-refractivity contribution in [1.29, 1.82) is 0 Å². The second kappa shape index (κ2) is 6.13. The minimum atomic E-state index is 0.256. The molecule has 1 N–H and O–H groups in total. The summed E-state index contributed by atoms with van der Waals surface area (Å²) in [6.45, 7) is 9.04. The monoisotopic (exact) mass is 185 g/mol. The van der Waals surface area contributed by atoms with E-state index in [4.69, 9.17) is 9.47 Å². The molecule has 0 saturated carbocycles. The second-order valence-corrected chi connectivity index (χ2v) is 3.38. The van der Waals surface area contributed by atoms with Gasteiger partial charge >= 0.3 is 0 Å². The van der Waals surface area contributed by atoms with Gasteiger partial charge in [-0.1, -0.05) is 6.08 Å². The maximum atomic E-state index is 5.74. The minimum absolute atomic E-state index is 0.256. The zero-order valence-electron chi connectivity index (χ0n) is 8.29. The van der Waals surface area contributed by atoms with Gasteiger partial charge < -0.3 is 14.8 Å². The van der Waals surface area contributed by atoms with Gasteiger partial charge in [0.05, 0.1) is 18.8 Å². The number of rotatable bonds is 6. The van der Waals surface area contributed by atoms with E-state index in [0.717, 1.165) is 32.7 Å². The molecule has 0 bridgehead atoms. The van der Waals surface area contributed by atoms with Crippen LogP contribution in [0.2, 0.25) is 0 Å². The van der Waals surface area contributed by atoms with Gasteiger partial charge in [0.1, 0.15) is 0 Å². The van der Waals surface area contributed by atoms with E-state index in [1.54, 1.807) is 0 Å². The molecule has 3 nitrogen and oxygen atoms in total. The van der Waals surface area contributed by atoms with E-state index in [1.807, 2.05) is 6.08 Å². The number of nitrogens with one attached hydrogen (secondary N) is 1. The summed E-state index contributed by atoms with van der Waals surface area (Å²) in [5.41, 5.74) is 0. The molecule has 0 aliphatic carbocycles. The third-order valence-electron chi connectivity index (χ3n) is 2.03. The first-order chi connectivity index (χ1) is 6.33. The second-order valence-electron chi connectivity index (χ2n) is 3.38. The summed E-state index contributed by atoms with van der Waals surface area (Å²) in [6, 6.07) is 0. The van der Waals surface area contributed by atoms with E-state index in [1.165, 1.54) is 0 Å². The highest BCUT2D eigenvalue weighted by molar-refractivity contribution is 4.72. The van der Waals surface area contributed by atoms with Gasteiger partial charge in [-0.3, -0.25) is 0 Å². The quantitative estimate of drug-likeness (QED) is 0.494. The first-order valence-corrected chi connectivity index (χ1v) is 4.87. The summed E-state index contributed by atoms with van der Waals surface area (Å²) in [4.78, 5) is 0. The van der Waals surface area contributed by atoms with Crippen molar-refractivity contribution in [1.82, 2.24) is 5.32 Å². The molecular weight excluding hydrogens is 166 g/mol. The molecule has 1 fully saturated rings. The normalized spacial score (nSPS) is 24.5. The zero-order valence-corrected chi connectivity index (χ0v) is 8.29. The zero-order chi connectivity index (χ0) is 9.52. The van der Waals surface area contributed by atoms with E-state index in [-0.39, 0.29) is 6.10 Å². The SMILES string of the molecule is C=CCNCC(C)OC1CCOC1. The molecule has 13 heavy (non-hydrogen) atoms. The lowest BCUT2D eigenvalue weighted by molar-refractivity contribution is -0.00513. The first-order valence-electron chi connectivity index (χ1n) is 4.87. The predicted octanol–water partition coefficient (Wildman–Crippen LogP) is 0.956. The Morgan fingerprint density at radius 3 is 3.23 bits per heavy atom. The number of hydrogen-bond donors (Lipinski definition) is 1. The van der Waals surface area contributed by atoms with Crippen LogP contribution >= 0.6 is 0 Å². The summed E-state index contributed by atoms with van der Waals surface area (Å²) in [6.07, 6.45) is 3.45. The fraction of sp³-hybridized carbons (Fsp3) is 0.800. The van der Waals surface area contributed by atoms with Crippen LogP contribution in [0.5, 0.6) is 0 Å². The van der Waals surface area contributed by atoms with Gasteiger partial charge in [-0.25, -0.2) is 0 Å². The molecule has 2 atom stereocenters. The summed E-state index contributed by atoms with van der Waals surface area (Å²) >= 11 is 0. The summed E-state index contributed by atoms with van der Waals surface area (Å²) < 4.78 is 11.0. The molecule has 0 aromatic rings. The first kappa shape index (κ1) is 10.7. The molecule has 2 unspecified atom stereocenters. The highest BCUT2D eigenvalue weighted by Gasteiger charge is 2.18. The molecule has 0 aromatic carbocycles. The maximum Gasteiger partial charge on any atom is 0.0834 e. The van der Waals surface area contributed by atoms with E-state index in [2.05, 4.69) is 18.8 Å². The van der Waals surface area contributed by atoms with Gasteiger partial charge in [0.25, 0.3) is 0 Å². The molecule has 0 amide bonds. The molecule has 1 heterocycles. The van der Waals surface area contributed by atoms with E-state index in [9.17, 15) is 0 Å². The Morgan fingerprint density at radius 1 is 1.77 bits per heavy atom. The van der Waals surface area contributed by atoms with E-state index in [0.29, 0.717) is 6.10 Å². The molecular formula is C10H19NO2. The van der Waals surface area contributed by atoms with Crippen molar-refractivity contribution in [3.63, 3.8) is 0 Å². The van der Waals surface area contributed by atoms with Gasteiger partial charge in [-0.05, 0) is 13.3 Å². The highest BCUT2D eigenvalue weighted by atomic mass is 16.5. The minimum Gasteiger partial charge on any atom is -0.379 e.